The van der Waals surface area contributed by atoms with E-state index in [2.05, 4.69) is 15.6 Å². The highest BCUT2D eigenvalue weighted by Gasteiger charge is 2.19. The van der Waals surface area contributed by atoms with Gasteiger partial charge in [0.15, 0.2) is 11.5 Å². The van der Waals surface area contributed by atoms with Gasteiger partial charge in [-0.25, -0.2) is 4.79 Å². The number of aromatic nitrogens is 1. The third-order valence-electron chi connectivity index (χ3n) is 4.02. The van der Waals surface area contributed by atoms with Gasteiger partial charge in [-0.15, -0.1) is 0 Å². The van der Waals surface area contributed by atoms with Crippen LogP contribution in [0.15, 0.2) is 72.9 Å². The van der Waals surface area contributed by atoms with Crippen LogP contribution in [0.4, 0.5) is 10.5 Å². The first-order valence-corrected chi connectivity index (χ1v) is 8.22. The highest BCUT2D eigenvalue weighted by Crippen LogP contribution is 2.34. The quantitative estimate of drug-likeness (QED) is 0.754. The van der Waals surface area contributed by atoms with Crippen molar-refractivity contribution < 1.29 is 14.3 Å². The Kier molecular flexibility index (Phi) is 4.38. The Morgan fingerprint density at radius 3 is 2.58 bits per heavy atom. The number of amides is 2. The van der Waals surface area contributed by atoms with E-state index in [1.54, 1.807) is 24.4 Å². The van der Waals surface area contributed by atoms with Gasteiger partial charge in [-0.2, -0.15) is 0 Å². The molecule has 6 heteroatoms. The zero-order valence-corrected chi connectivity index (χ0v) is 13.9. The number of fused-ring (bicyclic) bond motifs is 1. The number of nitrogens with one attached hydrogen (secondary N) is 2. The van der Waals surface area contributed by atoms with Crippen molar-refractivity contribution in [2.24, 2.45) is 0 Å². The van der Waals surface area contributed by atoms with Crippen molar-refractivity contribution in [1.29, 1.82) is 0 Å². The number of nitrogens with zero attached hydrogens (tertiary/aromatic N) is 1. The van der Waals surface area contributed by atoms with Gasteiger partial charge in [0, 0.05) is 18.0 Å². The molecule has 0 saturated heterocycles. The second kappa shape index (κ2) is 7.14. The molecule has 2 aromatic carbocycles. The molecule has 4 rings (SSSR count). The van der Waals surface area contributed by atoms with Gasteiger partial charge in [-0.05, 0) is 29.8 Å². The standard InChI is InChI=1S/C20H17N3O3/c24-20(22-15-9-10-17-18(12-15)26-13-25-17)23-19(14-6-2-1-3-7-14)16-8-4-5-11-21-16/h1-12,19H,13H2,(H2,22,23,24)/t19-/m1/s1. The lowest BCUT2D eigenvalue weighted by atomic mass is 10.0. The summed E-state index contributed by atoms with van der Waals surface area (Å²) in [5.41, 5.74) is 2.34. The summed E-state index contributed by atoms with van der Waals surface area (Å²) in [6.45, 7) is 0.195. The predicted molar refractivity (Wildman–Crippen MR) is 97.2 cm³/mol. The molecule has 0 radical (unpaired) electrons. The van der Waals surface area contributed by atoms with Crippen LogP contribution >= 0.6 is 0 Å². The van der Waals surface area contributed by atoms with Gasteiger partial charge >= 0.3 is 6.03 Å². The number of carbonyl (C=O) groups is 1. The molecule has 26 heavy (non-hydrogen) atoms. The lowest BCUT2D eigenvalue weighted by molar-refractivity contribution is 0.174. The van der Waals surface area contributed by atoms with E-state index in [0.29, 0.717) is 17.2 Å². The van der Waals surface area contributed by atoms with E-state index >= 15 is 0 Å². The summed E-state index contributed by atoms with van der Waals surface area (Å²) < 4.78 is 10.6. The molecular formula is C20H17N3O3. The molecule has 1 aromatic heterocycles. The molecule has 0 unspecified atom stereocenters. The second-order valence-electron chi connectivity index (χ2n) is 5.76. The smallest absolute Gasteiger partial charge is 0.320 e. The van der Waals surface area contributed by atoms with Crippen molar-refractivity contribution in [2.75, 3.05) is 12.1 Å². The monoisotopic (exact) mass is 347 g/mol. The molecule has 0 fully saturated rings. The zero-order chi connectivity index (χ0) is 17.8. The van der Waals surface area contributed by atoms with E-state index < -0.39 is 0 Å². The summed E-state index contributed by atoms with van der Waals surface area (Å²) in [6.07, 6.45) is 1.71. The summed E-state index contributed by atoms with van der Waals surface area (Å²) in [5, 5.41) is 5.81. The van der Waals surface area contributed by atoms with Crippen LogP contribution in [-0.4, -0.2) is 17.8 Å². The van der Waals surface area contributed by atoms with E-state index in [4.69, 9.17) is 9.47 Å². The van der Waals surface area contributed by atoms with Gasteiger partial charge in [0.05, 0.1) is 11.7 Å². The third-order valence-corrected chi connectivity index (χ3v) is 4.02. The van der Waals surface area contributed by atoms with Gasteiger partial charge < -0.3 is 20.1 Å². The molecule has 0 saturated carbocycles. The second-order valence-corrected chi connectivity index (χ2v) is 5.76. The van der Waals surface area contributed by atoms with Crippen molar-refractivity contribution in [1.82, 2.24) is 10.3 Å². The minimum Gasteiger partial charge on any atom is -0.454 e. The van der Waals surface area contributed by atoms with E-state index in [-0.39, 0.29) is 18.9 Å². The largest absolute Gasteiger partial charge is 0.454 e. The molecule has 1 aliphatic rings. The zero-order valence-electron chi connectivity index (χ0n) is 13.9. The third kappa shape index (κ3) is 3.44. The molecule has 2 amide bonds. The van der Waals surface area contributed by atoms with Crippen molar-refractivity contribution in [2.45, 2.75) is 6.04 Å². The summed E-state index contributed by atoms with van der Waals surface area (Å²) in [6, 6.07) is 19.9. The number of hydrogen-bond acceptors (Lipinski definition) is 4. The lowest BCUT2D eigenvalue weighted by Crippen LogP contribution is -2.33. The first-order valence-electron chi connectivity index (χ1n) is 8.22. The highest BCUT2D eigenvalue weighted by atomic mass is 16.7. The fourth-order valence-electron chi connectivity index (χ4n) is 2.79. The molecule has 6 nitrogen and oxygen atoms in total. The Morgan fingerprint density at radius 2 is 1.77 bits per heavy atom. The maximum Gasteiger partial charge on any atom is 0.320 e. The topological polar surface area (TPSA) is 72.5 Å². The average Bonchev–Trinajstić information content (AvgIpc) is 3.15. The van der Waals surface area contributed by atoms with Gasteiger partial charge in [0.25, 0.3) is 0 Å². The molecule has 130 valence electrons. The Morgan fingerprint density at radius 1 is 0.962 bits per heavy atom. The maximum atomic E-state index is 12.5. The summed E-state index contributed by atoms with van der Waals surface area (Å²) >= 11 is 0. The molecule has 0 spiro atoms. The van der Waals surface area contributed by atoms with E-state index in [1.807, 2.05) is 48.5 Å². The van der Waals surface area contributed by atoms with Gasteiger partial charge in [-0.1, -0.05) is 36.4 Å². The number of rotatable bonds is 4. The predicted octanol–water partition coefficient (Wildman–Crippen LogP) is 3.72. The van der Waals surface area contributed by atoms with Crippen molar-refractivity contribution >= 4 is 11.7 Å². The molecule has 3 aromatic rings. The molecule has 1 aliphatic heterocycles. The molecule has 0 aliphatic carbocycles. The van der Waals surface area contributed by atoms with E-state index in [9.17, 15) is 4.79 Å². The fraction of sp³-hybridized carbons (Fsp3) is 0.100. The van der Waals surface area contributed by atoms with Crippen LogP contribution in [-0.2, 0) is 0 Å². The fourth-order valence-corrected chi connectivity index (χ4v) is 2.79. The molecule has 2 heterocycles. The van der Waals surface area contributed by atoms with Gasteiger partial charge in [-0.3, -0.25) is 4.98 Å². The van der Waals surface area contributed by atoms with Gasteiger partial charge in [0.1, 0.15) is 0 Å². The number of benzene rings is 2. The van der Waals surface area contributed by atoms with E-state index in [1.165, 1.54) is 0 Å². The van der Waals surface area contributed by atoms with Crippen molar-refractivity contribution in [3.63, 3.8) is 0 Å². The van der Waals surface area contributed by atoms with Crippen LogP contribution in [0.1, 0.15) is 17.3 Å². The van der Waals surface area contributed by atoms with Gasteiger partial charge in [0.2, 0.25) is 6.79 Å². The summed E-state index contributed by atoms with van der Waals surface area (Å²) in [5.74, 6) is 1.29. The molecule has 0 bridgehead atoms. The first-order chi connectivity index (χ1) is 12.8. The Hall–Kier alpha value is -3.54. The van der Waals surface area contributed by atoms with Crippen molar-refractivity contribution in [3.8, 4) is 11.5 Å². The number of carbonyl (C=O) groups excluding carboxylic acids is 1. The minimum atomic E-state index is -0.355. The number of anilines is 1. The van der Waals surface area contributed by atoms with Crippen LogP contribution in [0.3, 0.4) is 0 Å². The van der Waals surface area contributed by atoms with Crippen molar-refractivity contribution in [3.05, 3.63) is 84.2 Å². The molecular weight excluding hydrogens is 330 g/mol. The van der Waals surface area contributed by atoms with Crippen LogP contribution in [0.5, 0.6) is 11.5 Å². The van der Waals surface area contributed by atoms with Crippen LogP contribution in [0.2, 0.25) is 0 Å². The van der Waals surface area contributed by atoms with Crippen LogP contribution < -0.4 is 20.1 Å². The Bertz CT molecular complexity index is 861. The number of pyridine rings is 1. The first kappa shape index (κ1) is 16.0. The summed E-state index contributed by atoms with van der Waals surface area (Å²) in [4.78, 5) is 16.9. The Balaban J connectivity index is 1.53. The lowest BCUT2D eigenvalue weighted by Gasteiger charge is -2.19. The van der Waals surface area contributed by atoms with Crippen LogP contribution in [0, 0.1) is 0 Å². The van der Waals surface area contributed by atoms with Crippen LogP contribution in [0.25, 0.3) is 0 Å². The maximum absolute atomic E-state index is 12.5. The number of hydrogen-bond donors (Lipinski definition) is 2. The van der Waals surface area contributed by atoms with E-state index in [0.717, 1.165) is 11.3 Å². The Labute approximate surface area is 150 Å². The normalized spacial score (nSPS) is 13.1. The number of ether oxygens (including phenoxy) is 2. The summed E-state index contributed by atoms with van der Waals surface area (Å²) in [7, 11) is 0. The SMILES string of the molecule is O=C(Nc1ccc2c(c1)OCO2)N[C@H](c1ccccc1)c1ccccn1. The number of urea groups is 1. The highest BCUT2D eigenvalue weighted by molar-refractivity contribution is 5.90. The minimum absolute atomic E-state index is 0.195. The molecule has 1 atom stereocenters. The molecule has 2 N–H and O–H groups in total. The average molecular weight is 347 g/mol.